The first-order valence-corrected chi connectivity index (χ1v) is 5.52. The molecule has 6 heteroatoms. The maximum absolute atomic E-state index is 11.7. The van der Waals surface area contributed by atoms with E-state index >= 15 is 0 Å². The van der Waals surface area contributed by atoms with Crippen molar-refractivity contribution in [1.29, 1.82) is 0 Å². The molecule has 0 radical (unpaired) electrons. The fourth-order valence-electron chi connectivity index (χ4n) is 0.920. The standard InChI is InChI=1S/C7H15NO4S/c1-7(2,3)13(10,11)8-4-6(9)5-12-8/h6,9H,4-5H2,1-3H3/t6-/m1/s1. The molecule has 5 nitrogen and oxygen atoms in total. The largest absolute Gasteiger partial charge is 0.389 e. The Bertz CT molecular complexity index is 279. The normalized spacial score (nSPS) is 26.6. The lowest BCUT2D eigenvalue weighted by molar-refractivity contribution is -0.0334. The van der Waals surface area contributed by atoms with Crippen molar-refractivity contribution in [3.63, 3.8) is 0 Å². The quantitative estimate of drug-likeness (QED) is 0.645. The summed E-state index contributed by atoms with van der Waals surface area (Å²) in [6.07, 6.45) is -0.711. The molecule has 0 unspecified atom stereocenters. The molecule has 0 bridgehead atoms. The van der Waals surface area contributed by atoms with E-state index in [1.165, 1.54) is 0 Å². The number of aliphatic hydroxyl groups is 1. The zero-order valence-corrected chi connectivity index (χ0v) is 8.84. The van der Waals surface area contributed by atoms with Gasteiger partial charge in [-0.1, -0.05) is 4.47 Å². The summed E-state index contributed by atoms with van der Waals surface area (Å²) in [4.78, 5) is 4.85. The maximum Gasteiger partial charge on any atom is 0.241 e. The highest BCUT2D eigenvalue weighted by atomic mass is 32.2. The van der Waals surface area contributed by atoms with Crippen molar-refractivity contribution in [2.75, 3.05) is 13.2 Å². The minimum atomic E-state index is -3.46. The number of sulfonamides is 1. The molecule has 0 aromatic heterocycles. The Hall–Kier alpha value is -0.170. The summed E-state index contributed by atoms with van der Waals surface area (Å²) in [5.41, 5.74) is 0. The summed E-state index contributed by atoms with van der Waals surface area (Å²) in [6, 6.07) is 0. The van der Waals surface area contributed by atoms with Crippen molar-refractivity contribution >= 4 is 10.0 Å². The van der Waals surface area contributed by atoms with Crippen LogP contribution in [0.3, 0.4) is 0 Å². The molecule has 0 aromatic carbocycles. The van der Waals surface area contributed by atoms with Crippen LogP contribution in [0.2, 0.25) is 0 Å². The number of hydrogen-bond donors (Lipinski definition) is 1. The minimum absolute atomic E-state index is 0.0274. The molecule has 13 heavy (non-hydrogen) atoms. The second kappa shape index (κ2) is 3.20. The fourth-order valence-corrected chi connectivity index (χ4v) is 2.10. The van der Waals surface area contributed by atoms with E-state index < -0.39 is 20.9 Å². The zero-order valence-electron chi connectivity index (χ0n) is 8.02. The van der Waals surface area contributed by atoms with E-state index in [2.05, 4.69) is 0 Å². The summed E-state index contributed by atoms with van der Waals surface area (Å²) in [5, 5.41) is 9.10. The van der Waals surface area contributed by atoms with Gasteiger partial charge in [0.25, 0.3) is 0 Å². The third-order valence-corrected chi connectivity index (χ3v) is 4.15. The molecule has 0 amide bonds. The van der Waals surface area contributed by atoms with Gasteiger partial charge in [-0.25, -0.2) is 8.42 Å². The summed E-state index contributed by atoms with van der Waals surface area (Å²) >= 11 is 0. The van der Waals surface area contributed by atoms with E-state index in [9.17, 15) is 8.42 Å². The first kappa shape index (κ1) is 10.9. The van der Waals surface area contributed by atoms with Gasteiger partial charge in [-0.15, -0.1) is 0 Å². The van der Waals surface area contributed by atoms with Crippen molar-refractivity contribution in [3.8, 4) is 0 Å². The molecule has 1 heterocycles. The minimum Gasteiger partial charge on any atom is -0.389 e. The van der Waals surface area contributed by atoms with Gasteiger partial charge in [0.2, 0.25) is 10.0 Å². The molecule has 1 aliphatic heterocycles. The van der Waals surface area contributed by atoms with Gasteiger partial charge in [-0.05, 0) is 20.8 Å². The third-order valence-electron chi connectivity index (χ3n) is 1.81. The van der Waals surface area contributed by atoms with Crippen LogP contribution in [0.5, 0.6) is 0 Å². The Kier molecular flexibility index (Phi) is 2.68. The molecule has 1 rings (SSSR count). The molecule has 1 N–H and O–H groups in total. The van der Waals surface area contributed by atoms with Crippen LogP contribution in [-0.4, -0.2) is 42.0 Å². The molecule has 1 saturated heterocycles. The number of β-amino-alcohol motifs (C(OH)–C–C–N with tert-alkyl or cyclic N) is 1. The SMILES string of the molecule is CC(C)(C)S(=O)(=O)N1C[C@@H](O)CO1. The lowest BCUT2D eigenvalue weighted by Crippen LogP contribution is -2.41. The van der Waals surface area contributed by atoms with Gasteiger partial charge in [0.15, 0.2) is 0 Å². The van der Waals surface area contributed by atoms with Gasteiger partial charge < -0.3 is 5.11 Å². The number of rotatable bonds is 1. The van der Waals surface area contributed by atoms with Gasteiger partial charge in [-0.3, -0.25) is 4.84 Å². The van der Waals surface area contributed by atoms with E-state index in [0.29, 0.717) is 0 Å². The van der Waals surface area contributed by atoms with E-state index in [1.54, 1.807) is 20.8 Å². The fraction of sp³-hybridized carbons (Fsp3) is 1.00. The highest BCUT2D eigenvalue weighted by Gasteiger charge is 2.40. The maximum atomic E-state index is 11.7. The highest BCUT2D eigenvalue weighted by Crippen LogP contribution is 2.23. The van der Waals surface area contributed by atoms with Crippen LogP contribution in [0.1, 0.15) is 20.8 Å². The second-order valence-corrected chi connectivity index (χ2v) is 6.63. The van der Waals surface area contributed by atoms with Crippen LogP contribution in [0.15, 0.2) is 0 Å². The van der Waals surface area contributed by atoms with Gasteiger partial charge in [0.05, 0.1) is 24.0 Å². The average Bonchev–Trinajstić information content (AvgIpc) is 2.33. The number of hydroxylamine groups is 1. The summed E-state index contributed by atoms with van der Waals surface area (Å²) in [7, 11) is -3.46. The van der Waals surface area contributed by atoms with Crippen LogP contribution < -0.4 is 0 Å². The third kappa shape index (κ3) is 2.01. The van der Waals surface area contributed by atoms with E-state index in [-0.39, 0.29) is 13.2 Å². The smallest absolute Gasteiger partial charge is 0.241 e. The average molecular weight is 209 g/mol. The Labute approximate surface area is 78.3 Å². The van der Waals surface area contributed by atoms with E-state index in [4.69, 9.17) is 9.94 Å². The van der Waals surface area contributed by atoms with Gasteiger partial charge in [0, 0.05) is 0 Å². The molecule has 1 atom stereocenters. The van der Waals surface area contributed by atoms with Crippen molar-refractivity contribution in [3.05, 3.63) is 0 Å². The van der Waals surface area contributed by atoms with Gasteiger partial charge in [0.1, 0.15) is 0 Å². The van der Waals surface area contributed by atoms with Crippen LogP contribution >= 0.6 is 0 Å². The van der Waals surface area contributed by atoms with Crippen LogP contribution in [0.4, 0.5) is 0 Å². The molecular weight excluding hydrogens is 194 g/mol. The predicted molar refractivity (Wildman–Crippen MR) is 47.3 cm³/mol. The molecule has 0 spiro atoms. The summed E-state index contributed by atoms with van der Waals surface area (Å²) < 4.78 is 23.4. The molecule has 78 valence electrons. The summed E-state index contributed by atoms with van der Waals surface area (Å²) in [5.74, 6) is 0. The van der Waals surface area contributed by atoms with Crippen molar-refractivity contribution in [2.24, 2.45) is 0 Å². The Morgan fingerprint density at radius 2 is 2.00 bits per heavy atom. The first-order valence-electron chi connectivity index (χ1n) is 4.08. The van der Waals surface area contributed by atoms with Crippen molar-refractivity contribution in [1.82, 2.24) is 4.47 Å². The molecule has 1 aliphatic rings. The van der Waals surface area contributed by atoms with E-state index in [1.807, 2.05) is 0 Å². The first-order chi connectivity index (χ1) is 5.75. The monoisotopic (exact) mass is 209 g/mol. The van der Waals surface area contributed by atoms with Gasteiger partial charge in [-0.2, -0.15) is 0 Å². The molecule has 1 fully saturated rings. The van der Waals surface area contributed by atoms with E-state index in [0.717, 1.165) is 4.47 Å². The van der Waals surface area contributed by atoms with Crippen molar-refractivity contribution in [2.45, 2.75) is 31.6 Å². The lowest BCUT2D eigenvalue weighted by atomic mass is 10.3. The van der Waals surface area contributed by atoms with Crippen LogP contribution in [0, 0.1) is 0 Å². The molecular formula is C7H15NO4S. The van der Waals surface area contributed by atoms with Crippen molar-refractivity contribution < 1.29 is 18.4 Å². The van der Waals surface area contributed by atoms with Crippen LogP contribution in [0.25, 0.3) is 0 Å². The topological polar surface area (TPSA) is 66.8 Å². The zero-order chi connectivity index (χ0) is 10.3. The van der Waals surface area contributed by atoms with Gasteiger partial charge >= 0.3 is 0 Å². The number of nitrogens with zero attached hydrogens (tertiary/aromatic N) is 1. The Morgan fingerprint density at radius 3 is 2.31 bits per heavy atom. The van der Waals surface area contributed by atoms with Crippen LogP contribution in [-0.2, 0) is 14.9 Å². The highest BCUT2D eigenvalue weighted by molar-refractivity contribution is 7.90. The second-order valence-electron chi connectivity index (χ2n) is 4.05. The number of hydrogen-bond acceptors (Lipinski definition) is 4. The Balaban J connectivity index is 2.84. The summed E-state index contributed by atoms with van der Waals surface area (Å²) in [6.45, 7) is 4.86. The Morgan fingerprint density at radius 1 is 1.46 bits per heavy atom. The molecule has 0 aliphatic carbocycles. The molecule has 0 aromatic rings. The molecule has 0 saturated carbocycles. The predicted octanol–water partition coefficient (Wildman–Crippen LogP) is -0.277. The number of aliphatic hydroxyl groups excluding tert-OH is 1. The lowest BCUT2D eigenvalue weighted by Gasteiger charge is -2.24.